The van der Waals surface area contributed by atoms with E-state index < -0.39 is 0 Å². The molecule has 2 rings (SSSR count). The molecule has 1 aliphatic heterocycles. The number of hydrogen-bond acceptors (Lipinski definition) is 3. The van der Waals surface area contributed by atoms with Gasteiger partial charge in [-0.3, -0.25) is 0 Å². The minimum Gasteiger partial charge on any atom is -0.490 e. The Balaban J connectivity index is 2.37. The molecular weight excluding hydrogens is 226 g/mol. The molecule has 16 heavy (non-hydrogen) atoms. The molecule has 2 N–H and O–H groups in total. The van der Waals surface area contributed by atoms with Crippen molar-refractivity contribution in [1.82, 2.24) is 0 Å². The third kappa shape index (κ3) is 2.31. The topological polar surface area (TPSA) is 44.5 Å². The van der Waals surface area contributed by atoms with E-state index in [2.05, 4.69) is 0 Å². The van der Waals surface area contributed by atoms with Gasteiger partial charge in [-0.15, -0.1) is 0 Å². The van der Waals surface area contributed by atoms with E-state index in [4.69, 9.17) is 26.8 Å². The van der Waals surface area contributed by atoms with Crippen LogP contribution >= 0.6 is 11.6 Å². The van der Waals surface area contributed by atoms with E-state index in [1.165, 1.54) is 0 Å². The normalized spacial score (nSPS) is 15.1. The fraction of sp³-hybridized carbons (Fsp3) is 0.333. The lowest BCUT2D eigenvalue weighted by atomic mass is 10.2. The molecule has 3 nitrogen and oxygen atoms in total. The van der Waals surface area contributed by atoms with Crippen LogP contribution in [-0.2, 0) is 0 Å². The Bertz CT molecular complexity index is 404. The zero-order chi connectivity index (χ0) is 11.4. The van der Waals surface area contributed by atoms with Crippen LogP contribution < -0.4 is 15.2 Å². The fourth-order valence-corrected chi connectivity index (χ4v) is 1.81. The third-order valence-corrected chi connectivity index (χ3v) is 2.71. The smallest absolute Gasteiger partial charge is 0.180 e. The van der Waals surface area contributed by atoms with Crippen LogP contribution in [0.3, 0.4) is 0 Å². The molecule has 86 valence electrons. The van der Waals surface area contributed by atoms with Gasteiger partial charge in [-0.1, -0.05) is 23.8 Å². The summed E-state index contributed by atoms with van der Waals surface area (Å²) < 4.78 is 11.1. The minimum absolute atomic E-state index is 0.491. The van der Waals surface area contributed by atoms with Crippen molar-refractivity contribution in [3.63, 3.8) is 0 Å². The molecule has 1 heterocycles. The van der Waals surface area contributed by atoms with Crippen LogP contribution in [0.1, 0.15) is 12.0 Å². The molecule has 0 aliphatic carbocycles. The van der Waals surface area contributed by atoms with E-state index in [9.17, 15) is 0 Å². The zero-order valence-corrected chi connectivity index (χ0v) is 9.67. The van der Waals surface area contributed by atoms with Gasteiger partial charge in [-0.05, 0) is 17.7 Å². The molecule has 0 spiro atoms. The predicted molar refractivity (Wildman–Crippen MR) is 65.1 cm³/mol. The number of hydrogen-bond donors (Lipinski definition) is 1. The lowest BCUT2D eigenvalue weighted by Crippen LogP contribution is -1.97. The maximum Gasteiger partial charge on any atom is 0.180 e. The Hall–Kier alpha value is -1.19. The second kappa shape index (κ2) is 5.23. The maximum atomic E-state index is 6.24. The highest BCUT2D eigenvalue weighted by Gasteiger charge is 2.15. The molecule has 0 bridgehead atoms. The van der Waals surface area contributed by atoms with Crippen molar-refractivity contribution in [2.24, 2.45) is 5.73 Å². The summed E-state index contributed by atoms with van der Waals surface area (Å²) >= 11 is 6.24. The SMILES string of the molecule is NC/C=C/c1ccc2c(c1Cl)OCCCO2. The first-order valence-electron chi connectivity index (χ1n) is 5.27. The summed E-state index contributed by atoms with van der Waals surface area (Å²) in [7, 11) is 0. The first-order valence-corrected chi connectivity index (χ1v) is 5.65. The summed E-state index contributed by atoms with van der Waals surface area (Å²) in [6, 6.07) is 3.78. The van der Waals surface area contributed by atoms with Crippen LogP contribution in [-0.4, -0.2) is 19.8 Å². The average Bonchev–Trinajstić information content (AvgIpc) is 2.54. The van der Waals surface area contributed by atoms with E-state index in [0.29, 0.717) is 36.3 Å². The van der Waals surface area contributed by atoms with Gasteiger partial charge >= 0.3 is 0 Å². The molecule has 0 saturated heterocycles. The van der Waals surface area contributed by atoms with E-state index in [1.807, 2.05) is 24.3 Å². The second-order valence-corrected chi connectivity index (χ2v) is 3.86. The van der Waals surface area contributed by atoms with E-state index in [0.717, 1.165) is 12.0 Å². The number of nitrogens with two attached hydrogens (primary N) is 1. The molecule has 0 saturated carbocycles. The molecular formula is C12H14ClNO2. The minimum atomic E-state index is 0.491. The van der Waals surface area contributed by atoms with Crippen molar-refractivity contribution in [2.45, 2.75) is 6.42 Å². The highest BCUT2D eigenvalue weighted by atomic mass is 35.5. The molecule has 0 amide bonds. The highest BCUT2D eigenvalue weighted by molar-refractivity contribution is 6.33. The first kappa shape index (κ1) is 11.3. The van der Waals surface area contributed by atoms with Crippen LogP contribution in [0.15, 0.2) is 18.2 Å². The van der Waals surface area contributed by atoms with Gasteiger partial charge in [0.15, 0.2) is 11.5 Å². The lowest BCUT2D eigenvalue weighted by molar-refractivity contribution is 0.297. The van der Waals surface area contributed by atoms with Crippen molar-refractivity contribution in [2.75, 3.05) is 19.8 Å². The van der Waals surface area contributed by atoms with Crippen LogP contribution in [0, 0.1) is 0 Å². The molecule has 0 radical (unpaired) electrons. The number of fused-ring (bicyclic) bond motifs is 1. The molecule has 1 aliphatic rings. The molecule has 4 heteroatoms. The molecule has 1 aromatic rings. The molecule has 0 atom stereocenters. The van der Waals surface area contributed by atoms with Crippen LogP contribution in [0.25, 0.3) is 6.08 Å². The Morgan fingerprint density at radius 1 is 1.31 bits per heavy atom. The number of ether oxygens (including phenoxy) is 2. The van der Waals surface area contributed by atoms with Gasteiger partial charge in [0.05, 0.1) is 18.2 Å². The van der Waals surface area contributed by atoms with Gasteiger partial charge in [-0.2, -0.15) is 0 Å². The van der Waals surface area contributed by atoms with E-state index >= 15 is 0 Å². The Morgan fingerprint density at radius 2 is 2.12 bits per heavy atom. The molecule has 0 fully saturated rings. The largest absolute Gasteiger partial charge is 0.490 e. The first-order chi connectivity index (χ1) is 7.83. The van der Waals surface area contributed by atoms with Gasteiger partial charge in [0.2, 0.25) is 0 Å². The van der Waals surface area contributed by atoms with Gasteiger partial charge < -0.3 is 15.2 Å². The standard InChI is InChI=1S/C12H14ClNO2/c13-11-9(3-1-6-14)4-5-10-12(11)16-8-2-7-15-10/h1,3-5H,2,6-8,14H2/b3-1+. The Labute approximate surface area is 99.8 Å². The summed E-state index contributed by atoms with van der Waals surface area (Å²) in [5.41, 5.74) is 6.30. The number of halogens is 1. The average molecular weight is 240 g/mol. The summed E-state index contributed by atoms with van der Waals surface area (Å²) in [6.45, 7) is 1.79. The quantitative estimate of drug-likeness (QED) is 0.862. The Kier molecular flexibility index (Phi) is 3.70. The molecule has 1 aromatic carbocycles. The van der Waals surface area contributed by atoms with Crippen molar-refractivity contribution >= 4 is 17.7 Å². The second-order valence-electron chi connectivity index (χ2n) is 3.48. The van der Waals surface area contributed by atoms with Gasteiger partial charge in [0.25, 0.3) is 0 Å². The van der Waals surface area contributed by atoms with Crippen LogP contribution in [0.5, 0.6) is 11.5 Å². The Morgan fingerprint density at radius 3 is 2.94 bits per heavy atom. The van der Waals surface area contributed by atoms with Crippen molar-refractivity contribution in [1.29, 1.82) is 0 Å². The number of benzene rings is 1. The number of rotatable bonds is 2. The van der Waals surface area contributed by atoms with Gasteiger partial charge in [-0.25, -0.2) is 0 Å². The van der Waals surface area contributed by atoms with E-state index in [-0.39, 0.29) is 0 Å². The third-order valence-electron chi connectivity index (χ3n) is 2.32. The van der Waals surface area contributed by atoms with Gasteiger partial charge in [0.1, 0.15) is 0 Å². The van der Waals surface area contributed by atoms with Crippen molar-refractivity contribution in [3.8, 4) is 11.5 Å². The summed E-state index contributed by atoms with van der Waals surface area (Å²) in [5, 5.41) is 0.587. The van der Waals surface area contributed by atoms with Gasteiger partial charge in [0, 0.05) is 13.0 Å². The van der Waals surface area contributed by atoms with E-state index in [1.54, 1.807) is 0 Å². The lowest BCUT2D eigenvalue weighted by Gasteiger charge is -2.10. The van der Waals surface area contributed by atoms with Crippen LogP contribution in [0.2, 0.25) is 5.02 Å². The highest BCUT2D eigenvalue weighted by Crippen LogP contribution is 2.39. The summed E-state index contributed by atoms with van der Waals surface area (Å²) in [4.78, 5) is 0. The fourth-order valence-electron chi connectivity index (χ4n) is 1.54. The predicted octanol–water partition coefficient (Wildman–Crippen LogP) is 2.47. The molecule has 0 aromatic heterocycles. The van der Waals surface area contributed by atoms with Crippen molar-refractivity contribution in [3.05, 3.63) is 28.8 Å². The monoisotopic (exact) mass is 239 g/mol. The zero-order valence-electron chi connectivity index (χ0n) is 8.91. The maximum absolute atomic E-state index is 6.24. The molecule has 0 unspecified atom stereocenters. The van der Waals surface area contributed by atoms with Crippen LogP contribution in [0.4, 0.5) is 0 Å². The van der Waals surface area contributed by atoms with Crippen molar-refractivity contribution < 1.29 is 9.47 Å². The summed E-state index contributed by atoms with van der Waals surface area (Å²) in [5.74, 6) is 1.35. The summed E-state index contributed by atoms with van der Waals surface area (Å²) in [6.07, 6.45) is 4.61.